The van der Waals surface area contributed by atoms with Gasteiger partial charge in [-0.15, -0.1) is 0 Å². The maximum absolute atomic E-state index is 11.0. The standard InChI is InChI=1S/C9H14N4O/c10-8(14)9-11-6-12-13(9)7-4-2-1-3-5-7/h6-7H,1-5H2,(H2,10,14). The summed E-state index contributed by atoms with van der Waals surface area (Å²) >= 11 is 0. The zero-order chi connectivity index (χ0) is 9.97. The number of carbonyl (C=O) groups excluding carboxylic acids is 1. The van der Waals surface area contributed by atoms with E-state index >= 15 is 0 Å². The number of primary amides is 1. The first-order valence-corrected chi connectivity index (χ1v) is 4.98. The molecule has 1 amide bonds. The third-order valence-electron chi connectivity index (χ3n) is 2.71. The van der Waals surface area contributed by atoms with Gasteiger partial charge < -0.3 is 5.73 Å². The van der Waals surface area contributed by atoms with Crippen molar-refractivity contribution in [2.45, 2.75) is 38.1 Å². The quantitative estimate of drug-likeness (QED) is 0.759. The van der Waals surface area contributed by atoms with Gasteiger partial charge in [-0.2, -0.15) is 5.10 Å². The maximum atomic E-state index is 11.0. The number of hydrogen-bond donors (Lipinski definition) is 1. The molecule has 76 valence electrons. The Bertz CT molecular complexity index is 327. The third kappa shape index (κ3) is 1.62. The molecule has 0 bridgehead atoms. The van der Waals surface area contributed by atoms with Crippen LogP contribution >= 0.6 is 0 Å². The average molecular weight is 194 g/mol. The van der Waals surface area contributed by atoms with Crippen LogP contribution in [-0.2, 0) is 0 Å². The van der Waals surface area contributed by atoms with Crippen LogP contribution in [0, 0.1) is 0 Å². The van der Waals surface area contributed by atoms with Crippen molar-refractivity contribution in [3.05, 3.63) is 12.2 Å². The largest absolute Gasteiger partial charge is 0.363 e. The van der Waals surface area contributed by atoms with E-state index in [2.05, 4.69) is 10.1 Å². The minimum atomic E-state index is -0.493. The summed E-state index contributed by atoms with van der Waals surface area (Å²) in [6.07, 6.45) is 7.21. The smallest absolute Gasteiger partial charge is 0.286 e. The van der Waals surface area contributed by atoms with Crippen LogP contribution in [0.5, 0.6) is 0 Å². The lowest BCUT2D eigenvalue weighted by Crippen LogP contribution is -2.23. The number of nitrogens with zero attached hydrogens (tertiary/aromatic N) is 3. The molecule has 1 aromatic heterocycles. The molecule has 5 nitrogen and oxygen atoms in total. The second-order valence-corrected chi connectivity index (χ2v) is 3.68. The van der Waals surface area contributed by atoms with Gasteiger partial charge in [-0.3, -0.25) is 4.79 Å². The second kappa shape index (κ2) is 3.77. The minimum Gasteiger partial charge on any atom is -0.363 e. The molecule has 0 aliphatic heterocycles. The normalized spacial score (nSPS) is 18.3. The molecule has 2 rings (SSSR count). The molecule has 1 aliphatic carbocycles. The first kappa shape index (κ1) is 9.18. The van der Waals surface area contributed by atoms with Crippen molar-refractivity contribution >= 4 is 5.91 Å². The Morgan fingerprint density at radius 1 is 1.43 bits per heavy atom. The lowest BCUT2D eigenvalue weighted by Gasteiger charge is -2.22. The van der Waals surface area contributed by atoms with Crippen LogP contribution in [0.4, 0.5) is 0 Å². The average Bonchev–Trinajstić information content (AvgIpc) is 2.67. The highest BCUT2D eigenvalue weighted by Gasteiger charge is 2.20. The highest BCUT2D eigenvalue weighted by Crippen LogP contribution is 2.27. The van der Waals surface area contributed by atoms with Crippen molar-refractivity contribution in [1.29, 1.82) is 0 Å². The van der Waals surface area contributed by atoms with Crippen molar-refractivity contribution in [2.24, 2.45) is 5.73 Å². The molecule has 1 aromatic rings. The number of hydrogen-bond acceptors (Lipinski definition) is 3. The van der Waals surface area contributed by atoms with Gasteiger partial charge in [-0.1, -0.05) is 19.3 Å². The van der Waals surface area contributed by atoms with Gasteiger partial charge in [0, 0.05) is 0 Å². The number of carbonyl (C=O) groups is 1. The van der Waals surface area contributed by atoms with Gasteiger partial charge in [0.1, 0.15) is 6.33 Å². The van der Waals surface area contributed by atoms with Crippen LogP contribution in [0.3, 0.4) is 0 Å². The summed E-state index contributed by atoms with van der Waals surface area (Å²) in [4.78, 5) is 14.9. The van der Waals surface area contributed by atoms with Gasteiger partial charge in [-0.05, 0) is 12.8 Å². The zero-order valence-electron chi connectivity index (χ0n) is 8.02. The summed E-state index contributed by atoms with van der Waals surface area (Å²) in [5, 5.41) is 4.07. The van der Waals surface area contributed by atoms with Crippen molar-refractivity contribution < 1.29 is 4.79 Å². The van der Waals surface area contributed by atoms with Crippen LogP contribution in [0.25, 0.3) is 0 Å². The Morgan fingerprint density at radius 2 is 2.14 bits per heavy atom. The molecule has 1 fully saturated rings. The molecule has 5 heteroatoms. The molecule has 0 radical (unpaired) electrons. The predicted molar refractivity (Wildman–Crippen MR) is 50.7 cm³/mol. The van der Waals surface area contributed by atoms with Crippen molar-refractivity contribution in [3.8, 4) is 0 Å². The van der Waals surface area contributed by atoms with E-state index in [0.29, 0.717) is 6.04 Å². The fourth-order valence-corrected chi connectivity index (χ4v) is 2.02. The molecular weight excluding hydrogens is 180 g/mol. The van der Waals surface area contributed by atoms with Crippen LogP contribution in [0.1, 0.15) is 48.8 Å². The van der Waals surface area contributed by atoms with E-state index in [9.17, 15) is 4.79 Å². The molecule has 1 aliphatic rings. The number of rotatable bonds is 2. The second-order valence-electron chi connectivity index (χ2n) is 3.68. The third-order valence-corrected chi connectivity index (χ3v) is 2.71. The van der Waals surface area contributed by atoms with Crippen molar-refractivity contribution in [2.75, 3.05) is 0 Å². The molecule has 2 N–H and O–H groups in total. The lowest BCUT2D eigenvalue weighted by molar-refractivity contribution is 0.0980. The summed E-state index contributed by atoms with van der Waals surface area (Å²) < 4.78 is 1.68. The monoisotopic (exact) mass is 194 g/mol. The summed E-state index contributed by atoms with van der Waals surface area (Å²) in [6.45, 7) is 0. The molecule has 0 saturated heterocycles. The Balaban J connectivity index is 2.21. The van der Waals surface area contributed by atoms with E-state index in [4.69, 9.17) is 5.73 Å². The van der Waals surface area contributed by atoms with E-state index in [1.54, 1.807) is 4.68 Å². The molecule has 1 saturated carbocycles. The summed E-state index contributed by atoms with van der Waals surface area (Å²) in [7, 11) is 0. The lowest BCUT2D eigenvalue weighted by atomic mass is 9.95. The zero-order valence-corrected chi connectivity index (χ0v) is 8.02. The van der Waals surface area contributed by atoms with E-state index in [0.717, 1.165) is 12.8 Å². The fraction of sp³-hybridized carbons (Fsp3) is 0.667. The van der Waals surface area contributed by atoms with E-state index in [-0.39, 0.29) is 5.82 Å². The number of nitrogens with two attached hydrogens (primary N) is 1. The van der Waals surface area contributed by atoms with Crippen LogP contribution in [-0.4, -0.2) is 20.7 Å². The highest BCUT2D eigenvalue weighted by atomic mass is 16.1. The van der Waals surface area contributed by atoms with Gasteiger partial charge in [0.25, 0.3) is 5.91 Å². The van der Waals surface area contributed by atoms with Gasteiger partial charge in [-0.25, -0.2) is 9.67 Å². The van der Waals surface area contributed by atoms with E-state index in [1.807, 2.05) is 0 Å². The van der Waals surface area contributed by atoms with Gasteiger partial charge in [0.05, 0.1) is 6.04 Å². The van der Waals surface area contributed by atoms with E-state index < -0.39 is 5.91 Å². The molecule has 14 heavy (non-hydrogen) atoms. The maximum Gasteiger partial charge on any atom is 0.286 e. The Morgan fingerprint density at radius 3 is 2.79 bits per heavy atom. The van der Waals surface area contributed by atoms with Crippen molar-refractivity contribution in [1.82, 2.24) is 14.8 Å². The molecular formula is C9H14N4O. The predicted octanol–water partition coefficient (Wildman–Crippen LogP) is 0.882. The van der Waals surface area contributed by atoms with Gasteiger partial charge in [0.15, 0.2) is 0 Å². The summed E-state index contributed by atoms with van der Waals surface area (Å²) in [5.41, 5.74) is 5.20. The first-order valence-electron chi connectivity index (χ1n) is 4.98. The number of aromatic nitrogens is 3. The van der Waals surface area contributed by atoms with Gasteiger partial charge >= 0.3 is 0 Å². The van der Waals surface area contributed by atoms with Crippen LogP contribution < -0.4 is 5.73 Å². The Kier molecular flexibility index (Phi) is 2.47. The molecule has 0 spiro atoms. The SMILES string of the molecule is NC(=O)c1ncnn1C1CCCCC1. The Labute approximate surface area is 82.3 Å². The van der Waals surface area contributed by atoms with Crippen LogP contribution in [0.15, 0.2) is 6.33 Å². The molecule has 1 heterocycles. The summed E-state index contributed by atoms with van der Waals surface area (Å²) in [6, 6.07) is 0.314. The van der Waals surface area contributed by atoms with Gasteiger partial charge in [0.2, 0.25) is 5.82 Å². The molecule has 0 aromatic carbocycles. The van der Waals surface area contributed by atoms with Crippen molar-refractivity contribution in [3.63, 3.8) is 0 Å². The highest BCUT2D eigenvalue weighted by molar-refractivity contribution is 5.88. The summed E-state index contributed by atoms with van der Waals surface area (Å²) in [5.74, 6) is -0.204. The molecule has 0 unspecified atom stereocenters. The molecule has 0 atom stereocenters. The minimum absolute atomic E-state index is 0.289. The topological polar surface area (TPSA) is 73.8 Å². The van der Waals surface area contributed by atoms with Crippen LogP contribution in [0.2, 0.25) is 0 Å². The van der Waals surface area contributed by atoms with E-state index in [1.165, 1.54) is 25.6 Å². The fourth-order valence-electron chi connectivity index (χ4n) is 2.02. The number of amides is 1. The first-order chi connectivity index (χ1) is 6.79. The Hall–Kier alpha value is -1.39.